The lowest BCUT2D eigenvalue weighted by atomic mass is 10.0. The van der Waals surface area contributed by atoms with E-state index in [-0.39, 0.29) is 18.6 Å². The van der Waals surface area contributed by atoms with E-state index in [4.69, 9.17) is 18.7 Å². The van der Waals surface area contributed by atoms with Crippen LogP contribution >= 0.6 is 0 Å². The van der Waals surface area contributed by atoms with E-state index in [1.54, 1.807) is 43.5 Å². The van der Waals surface area contributed by atoms with Gasteiger partial charge in [0.05, 0.1) is 7.11 Å². The summed E-state index contributed by atoms with van der Waals surface area (Å²) in [5, 5.41) is 7.04. The van der Waals surface area contributed by atoms with Gasteiger partial charge in [-0.1, -0.05) is 19.0 Å². The Morgan fingerprint density at radius 3 is 2.59 bits per heavy atom. The standard InChI is InChI=1S/C21H21N3O5/c1-12(2)18(22-20(25)13-4-7-15(26-3)8-5-13)21-23-19(24-29-21)14-6-9-16-17(10-14)28-11-27-16/h4-10,12,18H,11H2,1-3H3,(H,22,25). The summed E-state index contributed by atoms with van der Waals surface area (Å²) in [7, 11) is 1.58. The normalized spacial score (nSPS) is 13.4. The van der Waals surface area contributed by atoms with E-state index in [1.807, 2.05) is 19.9 Å². The molecule has 1 aliphatic heterocycles. The Morgan fingerprint density at radius 2 is 1.86 bits per heavy atom. The summed E-state index contributed by atoms with van der Waals surface area (Å²) in [6, 6.07) is 11.9. The molecule has 0 spiro atoms. The highest BCUT2D eigenvalue weighted by Gasteiger charge is 2.26. The second-order valence-corrected chi connectivity index (χ2v) is 6.95. The number of nitrogens with zero attached hydrogens (tertiary/aromatic N) is 2. The van der Waals surface area contributed by atoms with E-state index in [2.05, 4.69) is 15.5 Å². The molecule has 150 valence electrons. The van der Waals surface area contributed by atoms with Crippen molar-refractivity contribution in [3.05, 3.63) is 53.9 Å². The summed E-state index contributed by atoms with van der Waals surface area (Å²) in [5.41, 5.74) is 1.26. The van der Waals surface area contributed by atoms with Gasteiger partial charge in [-0.25, -0.2) is 0 Å². The molecule has 3 aromatic rings. The largest absolute Gasteiger partial charge is 0.497 e. The molecule has 0 radical (unpaired) electrons. The van der Waals surface area contributed by atoms with Gasteiger partial charge in [-0.3, -0.25) is 4.79 Å². The number of carbonyl (C=O) groups is 1. The Bertz CT molecular complexity index is 1010. The Morgan fingerprint density at radius 1 is 1.10 bits per heavy atom. The Kier molecular flexibility index (Phi) is 5.07. The van der Waals surface area contributed by atoms with Gasteiger partial charge >= 0.3 is 0 Å². The minimum Gasteiger partial charge on any atom is -0.497 e. The molecule has 4 rings (SSSR count). The van der Waals surface area contributed by atoms with E-state index < -0.39 is 6.04 Å². The topological polar surface area (TPSA) is 95.7 Å². The summed E-state index contributed by atoms with van der Waals surface area (Å²) in [4.78, 5) is 17.2. The van der Waals surface area contributed by atoms with Gasteiger partial charge < -0.3 is 24.1 Å². The van der Waals surface area contributed by atoms with Crippen LogP contribution in [0.25, 0.3) is 11.4 Å². The lowest BCUT2D eigenvalue weighted by molar-refractivity contribution is 0.0914. The molecule has 0 bridgehead atoms. The summed E-state index contributed by atoms with van der Waals surface area (Å²) in [6.07, 6.45) is 0. The van der Waals surface area contributed by atoms with Crippen molar-refractivity contribution in [2.75, 3.05) is 13.9 Å². The third kappa shape index (κ3) is 3.87. The van der Waals surface area contributed by atoms with Crippen molar-refractivity contribution in [2.45, 2.75) is 19.9 Å². The van der Waals surface area contributed by atoms with E-state index in [1.165, 1.54) is 0 Å². The SMILES string of the molecule is COc1ccc(C(=O)NC(c2nc(-c3ccc4c(c3)OCO4)no2)C(C)C)cc1. The Hall–Kier alpha value is -3.55. The molecule has 8 nitrogen and oxygen atoms in total. The fraction of sp³-hybridized carbons (Fsp3) is 0.286. The molecular formula is C21H21N3O5. The number of fused-ring (bicyclic) bond motifs is 1. The van der Waals surface area contributed by atoms with Crippen molar-refractivity contribution < 1.29 is 23.5 Å². The lowest BCUT2D eigenvalue weighted by Crippen LogP contribution is -2.32. The molecule has 1 unspecified atom stereocenters. The van der Waals surface area contributed by atoms with E-state index >= 15 is 0 Å². The van der Waals surface area contributed by atoms with Crippen molar-refractivity contribution >= 4 is 5.91 Å². The van der Waals surface area contributed by atoms with Crippen LogP contribution in [0.3, 0.4) is 0 Å². The van der Waals surface area contributed by atoms with E-state index in [9.17, 15) is 4.79 Å². The molecule has 8 heteroatoms. The smallest absolute Gasteiger partial charge is 0.251 e. The monoisotopic (exact) mass is 395 g/mol. The molecular weight excluding hydrogens is 374 g/mol. The van der Waals surface area contributed by atoms with Gasteiger partial charge in [-0.2, -0.15) is 4.98 Å². The maximum atomic E-state index is 12.7. The number of amides is 1. The van der Waals surface area contributed by atoms with Crippen LogP contribution in [0.1, 0.15) is 36.1 Å². The van der Waals surface area contributed by atoms with E-state index in [0.29, 0.717) is 34.5 Å². The molecule has 29 heavy (non-hydrogen) atoms. The first-order valence-corrected chi connectivity index (χ1v) is 9.23. The zero-order valence-corrected chi connectivity index (χ0v) is 16.3. The number of hydrogen-bond acceptors (Lipinski definition) is 7. The van der Waals surface area contributed by atoms with Gasteiger partial charge in [0.1, 0.15) is 11.8 Å². The number of methoxy groups -OCH3 is 1. The van der Waals surface area contributed by atoms with Gasteiger partial charge in [0.25, 0.3) is 5.91 Å². The van der Waals surface area contributed by atoms with Crippen LogP contribution < -0.4 is 19.5 Å². The molecule has 1 aromatic heterocycles. The van der Waals surface area contributed by atoms with Crippen LogP contribution in [0.2, 0.25) is 0 Å². The molecule has 1 amide bonds. The van der Waals surface area contributed by atoms with Gasteiger partial charge in [0.15, 0.2) is 11.5 Å². The maximum absolute atomic E-state index is 12.7. The first kappa shape index (κ1) is 18.8. The highest BCUT2D eigenvalue weighted by molar-refractivity contribution is 5.94. The van der Waals surface area contributed by atoms with Crippen molar-refractivity contribution in [3.8, 4) is 28.6 Å². The van der Waals surface area contributed by atoms with Crippen molar-refractivity contribution in [2.24, 2.45) is 5.92 Å². The second kappa shape index (κ2) is 7.83. The minimum absolute atomic E-state index is 0.0438. The van der Waals surface area contributed by atoms with Crippen LogP contribution in [-0.2, 0) is 0 Å². The highest BCUT2D eigenvalue weighted by atomic mass is 16.7. The minimum atomic E-state index is -0.431. The average Bonchev–Trinajstić information content (AvgIpc) is 3.40. The third-order valence-electron chi connectivity index (χ3n) is 4.64. The van der Waals surface area contributed by atoms with Crippen LogP contribution in [0, 0.1) is 5.92 Å². The van der Waals surface area contributed by atoms with Crippen molar-refractivity contribution in [1.82, 2.24) is 15.5 Å². The molecule has 1 aliphatic rings. The number of rotatable bonds is 6. The number of nitrogens with one attached hydrogen (secondary N) is 1. The third-order valence-corrected chi connectivity index (χ3v) is 4.64. The molecule has 2 heterocycles. The van der Waals surface area contributed by atoms with Crippen LogP contribution in [-0.4, -0.2) is 30.0 Å². The van der Waals surface area contributed by atoms with Crippen LogP contribution in [0.5, 0.6) is 17.2 Å². The zero-order chi connectivity index (χ0) is 20.4. The number of hydrogen-bond donors (Lipinski definition) is 1. The van der Waals surface area contributed by atoms with Gasteiger partial charge in [-0.15, -0.1) is 0 Å². The number of ether oxygens (including phenoxy) is 3. The van der Waals surface area contributed by atoms with Crippen molar-refractivity contribution in [1.29, 1.82) is 0 Å². The Balaban J connectivity index is 1.54. The Labute approximate surface area is 167 Å². The quantitative estimate of drug-likeness (QED) is 0.681. The molecule has 0 fully saturated rings. The van der Waals surface area contributed by atoms with Gasteiger partial charge in [0.2, 0.25) is 18.5 Å². The predicted molar refractivity (Wildman–Crippen MR) is 104 cm³/mol. The van der Waals surface area contributed by atoms with E-state index in [0.717, 1.165) is 5.56 Å². The van der Waals surface area contributed by atoms with Gasteiger partial charge in [0, 0.05) is 11.1 Å². The fourth-order valence-electron chi connectivity index (χ4n) is 2.99. The average molecular weight is 395 g/mol. The number of carbonyl (C=O) groups excluding carboxylic acids is 1. The first-order chi connectivity index (χ1) is 14.0. The summed E-state index contributed by atoms with van der Waals surface area (Å²) in [6.45, 7) is 4.15. The highest BCUT2D eigenvalue weighted by Crippen LogP contribution is 2.35. The summed E-state index contributed by atoms with van der Waals surface area (Å²) < 4.78 is 21.3. The first-order valence-electron chi connectivity index (χ1n) is 9.23. The second-order valence-electron chi connectivity index (χ2n) is 6.95. The molecule has 0 saturated heterocycles. The maximum Gasteiger partial charge on any atom is 0.251 e. The molecule has 0 aliphatic carbocycles. The zero-order valence-electron chi connectivity index (χ0n) is 16.3. The molecule has 1 N–H and O–H groups in total. The number of aromatic nitrogens is 2. The van der Waals surface area contributed by atoms with Crippen LogP contribution in [0.15, 0.2) is 47.0 Å². The molecule has 0 saturated carbocycles. The predicted octanol–water partition coefficient (Wildman–Crippen LogP) is 3.60. The summed E-state index contributed by atoms with van der Waals surface area (Å²) >= 11 is 0. The lowest BCUT2D eigenvalue weighted by Gasteiger charge is -2.18. The van der Waals surface area contributed by atoms with Gasteiger partial charge in [-0.05, 0) is 48.4 Å². The van der Waals surface area contributed by atoms with Crippen LogP contribution in [0.4, 0.5) is 0 Å². The fourth-order valence-corrected chi connectivity index (χ4v) is 2.99. The molecule has 2 aromatic carbocycles. The molecule has 1 atom stereocenters. The van der Waals surface area contributed by atoms with Crippen molar-refractivity contribution in [3.63, 3.8) is 0 Å². The summed E-state index contributed by atoms with van der Waals surface area (Å²) in [5.74, 6) is 2.59. The number of benzene rings is 2.